The van der Waals surface area contributed by atoms with Gasteiger partial charge in [-0.25, -0.2) is 0 Å². The summed E-state index contributed by atoms with van der Waals surface area (Å²) in [5.41, 5.74) is 3.65. The van der Waals surface area contributed by atoms with Gasteiger partial charge in [0.2, 0.25) is 0 Å². The van der Waals surface area contributed by atoms with E-state index in [-0.39, 0.29) is 32.7 Å². The maximum Gasteiger partial charge on any atom is 0.129 e. The molecule has 0 amide bonds. The van der Waals surface area contributed by atoms with Crippen LogP contribution in [0, 0.1) is 38.0 Å². The molecule has 1 aromatic rings. The molecule has 2 nitrogen and oxygen atoms in total. The van der Waals surface area contributed by atoms with Crippen LogP contribution >= 0.6 is 15.9 Å². The van der Waals surface area contributed by atoms with Gasteiger partial charge in [-0.2, -0.15) is 12.8 Å². The fourth-order valence-corrected chi connectivity index (χ4v) is 5.80. The maximum absolute atomic E-state index is 5.80. The van der Waals surface area contributed by atoms with Gasteiger partial charge in [0.05, 0.1) is 14.2 Å². The average molecular weight is 525 g/mol. The van der Waals surface area contributed by atoms with Crippen LogP contribution in [-0.2, 0) is 39.1 Å². The molecule has 0 aromatic heterocycles. The van der Waals surface area contributed by atoms with Crippen molar-refractivity contribution in [2.24, 2.45) is 17.8 Å². The van der Waals surface area contributed by atoms with Crippen molar-refractivity contribution in [3.05, 3.63) is 27.6 Å². The second kappa shape index (κ2) is 11.7. The third-order valence-electron chi connectivity index (χ3n) is 6.98. The van der Waals surface area contributed by atoms with Crippen LogP contribution in [0.4, 0.5) is 0 Å². The summed E-state index contributed by atoms with van der Waals surface area (Å²) < 4.78 is 12.7. The van der Waals surface area contributed by atoms with Crippen molar-refractivity contribution in [3.8, 4) is 11.5 Å². The van der Waals surface area contributed by atoms with Gasteiger partial charge in [-0.3, -0.25) is 0 Å². The Morgan fingerprint density at radius 3 is 1.79 bits per heavy atom. The molecule has 2 aliphatic rings. The summed E-state index contributed by atoms with van der Waals surface area (Å²) in [4.78, 5) is 0. The Balaban J connectivity index is 0.00000280. The summed E-state index contributed by atoms with van der Waals surface area (Å²) in [6.07, 6.45) is 16.1. The Morgan fingerprint density at radius 1 is 0.821 bits per heavy atom. The molecule has 0 heterocycles. The zero-order valence-corrected chi connectivity index (χ0v) is 22.6. The molecule has 0 atom stereocenters. The SMILES string of the molecule is COc1c(C)c(Br)c(C)c(OC)c1CC1CCC(CC2CC[CH-]CC2)CC1.[Y]. The third-order valence-corrected chi connectivity index (χ3v) is 8.17. The molecule has 155 valence electrons. The van der Waals surface area contributed by atoms with E-state index < -0.39 is 0 Å². The molecule has 0 N–H and O–H groups in total. The second-order valence-corrected chi connectivity index (χ2v) is 9.54. The Kier molecular flexibility index (Phi) is 10.3. The minimum atomic E-state index is 0. The van der Waals surface area contributed by atoms with Crippen molar-refractivity contribution in [2.45, 2.75) is 78.1 Å². The quantitative estimate of drug-likeness (QED) is 0.366. The molecule has 3 rings (SSSR count). The van der Waals surface area contributed by atoms with Crippen LogP contribution in [0.3, 0.4) is 0 Å². The van der Waals surface area contributed by atoms with Crippen LogP contribution in [0.1, 0.15) is 74.5 Å². The predicted molar refractivity (Wildman–Crippen MR) is 117 cm³/mol. The summed E-state index contributed by atoms with van der Waals surface area (Å²) in [5, 5.41) is 0. The largest absolute Gasteiger partial charge is 0.496 e. The molecule has 2 saturated carbocycles. The Bertz CT molecular complexity index is 601. The number of rotatable bonds is 6. The normalized spacial score (nSPS) is 23.2. The monoisotopic (exact) mass is 524 g/mol. The number of ether oxygens (including phenoxy) is 2. The third kappa shape index (κ3) is 5.76. The Hall–Kier alpha value is 0.404. The predicted octanol–water partition coefficient (Wildman–Crippen LogP) is 7.21. The molecule has 28 heavy (non-hydrogen) atoms. The van der Waals surface area contributed by atoms with Crippen LogP contribution in [0.15, 0.2) is 4.47 Å². The molecule has 1 radical (unpaired) electrons. The van der Waals surface area contributed by atoms with Crippen LogP contribution in [0.25, 0.3) is 0 Å². The van der Waals surface area contributed by atoms with Crippen molar-refractivity contribution < 1.29 is 42.2 Å². The number of benzene rings is 1. The summed E-state index contributed by atoms with van der Waals surface area (Å²) >= 11 is 3.71. The zero-order valence-electron chi connectivity index (χ0n) is 18.2. The molecule has 0 unspecified atom stereocenters. The summed E-state index contributed by atoms with van der Waals surface area (Å²) in [6, 6.07) is 0. The van der Waals surface area contributed by atoms with E-state index in [0.717, 1.165) is 40.1 Å². The smallest absolute Gasteiger partial charge is 0.129 e. The van der Waals surface area contributed by atoms with Crippen molar-refractivity contribution >= 4 is 15.9 Å². The van der Waals surface area contributed by atoms with Crippen molar-refractivity contribution in [1.82, 2.24) is 0 Å². The van der Waals surface area contributed by atoms with Gasteiger partial charge >= 0.3 is 0 Å². The number of methoxy groups -OCH3 is 2. The fourth-order valence-electron chi connectivity index (χ4n) is 5.44. The van der Waals surface area contributed by atoms with Crippen molar-refractivity contribution in [1.29, 1.82) is 0 Å². The van der Waals surface area contributed by atoms with Gasteiger partial charge < -0.3 is 15.9 Å². The van der Waals surface area contributed by atoms with Crippen molar-refractivity contribution in [3.63, 3.8) is 0 Å². The number of hydrogen-bond donors (Lipinski definition) is 0. The van der Waals surface area contributed by atoms with E-state index in [9.17, 15) is 0 Å². The van der Waals surface area contributed by atoms with Gasteiger partial charge in [0, 0.05) is 53.9 Å². The van der Waals surface area contributed by atoms with Crippen LogP contribution in [0.2, 0.25) is 0 Å². The number of hydrogen-bond acceptors (Lipinski definition) is 2. The van der Waals surface area contributed by atoms with Crippen LogP contribution in [-0.4, -0.2) is 14.2 Å². The van der Waals surface area contributed by atoms with Crippen molar-refractivity contribution in [2.75, 3.05) is 14.2 Å². The first-order chi connectivity index (χ1) is 13.0. The van der Waals surface area contributed by atoms with Gasteiger partial charge in [-0.05, 0) is 73.2 Å². The summed E-state index contributed by atoms with van der Waals surface area (Å²) in [6.45, 7) is 4.27. The van der Waals surface area contributed by atoms with E-state index in [1.54, 1.807) is 14.2 Å². The van der Waals surface area contributed by atoms with Crippen LogP contribution < -0.4 is 9.47 Å². The minimum Gasteiger partial charge on any atom is -0.496 e. The van der Waals surface area contributed by atoms with Gasteiger partial charge in [-0.15, -0.1) is 0 Å². The van der Waals surface area contributed by atoms with Crippen LogP contribution in [0.5, 0.6) is 11.5 Å². The van der Waals surface area contributed by atoms with E-state index in [4.69, 9.17) is 9.47 Å². The van der Waals surface area contributed by atoms with E-state index in [1.165, 1.54) is 74.5 Å². The average Bonchev–Trinajstić information content (AvgIpc) is 2.69. The topological polar surface area (TPSA) is 18.5 Å². The minimum absolute atomic E-state index is 0. The molecule has 2 fully saturated rings. The maximum atomic E-state index is 5.80. The summed E-state index contributed by atoms with van der Waals surface area (Å²) in [7, 11) is 3.57. The first-order valence-electron chi connectivity index (χ1n) is 10.8. The fraction of sp³-hybridized carbons (Fsp3) is 0.708. The molecular weight excluding hydrogens is 489 g/mol. The van der Waals surface area contributed by atoms with E-state index in [2.05, 4.69) is 36.2 Å². The Morgan fingerprint density at radius 2 is 1.29 bits per heavy atom. The molecule has 0 bridgehead atoms. The van der Waals surface area contributed by atoms with Gasteiger partial charge in [0.15, 0.2) is 0 Å². The molecule has 4 heteroatoms. The van der Waals surface area contributed by atoms with E-state index >= 15 is 0 Å². The Labute approximate surface area is 205 Å². The molecule has 1 aromatic carbocycles. The molecule has 0 spiro atoms. The number of halogens is 1. The molecule has 2 aliphatic carbocycles. The molecule has 0 saturated heterocycles. The van der Waals surface area contributed by atoms with Gasteiger partial charge in [0.25, 0.3) is 0 Å². The summed E-state index contributed by atoms with van der Waals surface area (Å²) in [5.74, 6) is 4.72. The first-order valence-corrected chi connectivity index (χ1v) is 11.6. The second-order valence-electron chi connectivity index (χ2n) is 8.75. The van der Waals surface area contributed by atoms with E-state index in [1.807, 2.05) is 0 Å². The zero-order chi connectivity index (χ0) is 19.4. The van der Waals surface area contributed by atoms with Gasteiger partial charge in [-0.1, -0.05) is 25.7 Å². The standard InChI is InChI=1S/C24H36BrO2.Y/c1-16-22(25)17(2)24(27-4)21(23(16)26-3)15-20-12-10-19(11-13-20)14-18-8-6-5-7-9-18;/h5,18-20H,6-15H2,1-4H3;/q-1;. The molecular formula is C24H36BrO2Y-. The van der Waals surface area contributed by atoms with E-state index in [0.29, 0.717) is 0 Å². The molecule has 0 aliphatic heterocycles. The van der Waals surface area contributed by atoms with Gasteiger partial charge in [0.1, 0.15) is 11.5 Å². The first kappa shape index (κ1) is 24.7.